The Bertz CT molecular complexity index is 396. The second-order valence-corrected chi connectivity index (χ2v) is 5.21. The van der Waals surface area contributed by atoms with Gasteiger partial charge in [-0.15, -0.1) is 0 Å². The lowest BCUT2D eigenvalue weighted by Crippen LogP contribution is -2.28. The molecule has 4 heteroatoms. The molecule has 3 nitrogen and oxygen atoms in total. The number of aliphatic hydroxyl groups is 1. The smallest absolute Gasteiger partial charge is 0.118 e. The summed E-state index contributed by atoms with van der Waals surface area (Å²) in [6, 6.07) is 8.30. The summed E-state index contributed by atoms with van der Waals surface area (Å²) in [6.07, 6.45) is 0.0547. The number of methoxy groups -OCH3 is 1. The van der Waals surface area contributed by atoms with Gasteiger partial charge < -0.3 is 9.84 Å². The zero-order valence-electron chi connectivity index (χ0n) is 11.6. The number of hydrogen-bond acceptors (Lipinski definition) is 3. The number of ether oxygens (including phenoxy) is 1. The predicted octanol–water partition coefficient (Wildman–Crippen LogP) is 2.41. The molecule has 0 unspecified atom stereocenters. The Morgan fingerprint density at radius 3 is 2.68 bits per heavy atom. The maximum absolute atomic E-state index is 12.5. The van der Waals surface area contributed by atoms with Crippen LogP contribution >= 0.6 is 0 Å². The van der Waals surface area contributed by atoms with E-state index in [4.69, 9.17) is 4.74 Å². The average molecular weight is 267 g/mol. The lowest BCUT2D eigenvalue weighted by atomic mass is 10.0. The molecule has 1 aromatic rings. The third-order valence-electron chi connectivity index (χ3n) is 4.10. The zero-order chi connectivity index (χ0) is 13.8. The quantitative estimate of drug-likeness (QED) is 0.889. The van der Waals surface area contributed by atoms with E-state index in [0.717, 1.165) is 25.3 Å². The van der Waals surface area contributed by atoms with Gasteiger partial charge in [0.2, 0.25) is 0 Å². The highest BCUT2D eigenvalue weighted by atomic mass is 19.1. The highest BCUT2D eigenvalue weighted by Crippen LogP contribution is 2.29. The Labute approximate surface area is 114 Å². The number of hydrogen-bond donors (Lipinski definition) is 1. The van der Waals surface area contributed by atoms with Gasteiger partial charge in [-0.2, -0.15) is 0 Å². The summed E-state index contributed by atoms with van der Waals surface area (Å²) in [5.41, 5.74) is 1.22. The molecule has 1 aliphatic rings. The van der Waals surface area contributed by atoms with Crippen molar-refractivity contribution >= 4 is 0 Å². The minimum absolute atomic E-state index is 0.0608. The van der Waals surface area contributed by atoms with Crippen LogP contribution in [0.25, 0.3) is 0 Å². The fourth-order valence-corrected chi connectivity index (χ4v) is 2.70. The van der Waals surface area contributed by atoms with E-state index in [9.17, 15) is 9.50 Å². The number of rotatable bonds is 5. The predicted molar refractivity (Wildman–Crippen MR) is 73.1 cm³/mol. The van der Waals surface area contributed by atoms with E-state index < -0.39 is 12.8 Å². The lowest BCUT2D eigenvalue weighted by Gasteiger charge is -2.25. The van der Waals surface area contributed by atoms with Crippen molar-refractivity contribution in [2.45, 2.75) is 25.5 Å². The van der Waals surface area contributed by atoms with Crippen LogP contribution in [-0.4, -0.2) is 43.0 Å². The molecule has 19 heavy (non-hydrogen) atoms. The fourth-order valence-electron chi connectivity index (χ4n) is 2.70. The third-order valence-corrected chi connectivity index (χ3v) is 4.10. The minimum Gasteiger partial charge on any atom is -0.497 e. The Kier molecular flexibility index (Phi) is 4.77. The monoisotopic (exact) mass is 267 g/mol. The SMILES string of the molecule is COc1ccc([C@@H](C)N2CC[C@@H]([C@H](O)CF)C2)cc1. The van der Waals surface area contributed by atoms with Crippen molar-refractivity contribution < 1.29 is 14.2 Å². The highest BCUT2D eigenvalue weighted by molar-refractivity contribution is 5.29. The summed E-state index contributed by atoms with van der Waals surface area (Å²) < 4.78 is 17.6. The van der Waals surface area contributed by atoms with Gasteiger partial charge in [-0.1, -0.05) is 12.1 Å². The number of likely N-dealkylation sites (tertiary alicyclic amines) is 1. The molecular weight excluding hydrogens is 245 g/mol. The number of aliphatic hydroxyl groups excluding tert-OH is 1. The van der Waals surface area contributed by atoms with Gasteiger partial charge in [0, 0.05) is 18.5 Å². The van der Waals surface area contributed by atoms with E-state index in [-0.39, 0.29) is 12.0 Å². The largest absolute Gasteiger partial charge is 0.497 e. The number of benzene rings is 1. The molecule has 1 saturated heterocycles. The molecule has 0 bridgehead atoms. The van der Waals surface area contributed by atoms with Crippen molar-refractivity contribution in [3.8, 4) is 5.75 Å². The van der Waals surface area contributed by atoms with Crippen LogP contribution in [0.2, 0.25) is 0 Å². The van der Waals surface area contributed by atoms with Crippen LogP contribution in [0, 0.1) is 5.92 Å². The normalized spacial score (nSPS) is 23.3. The Hall–Kier alpha value is -1.13. The van der Waals surface area contributed by atoms with Crippen molar-refractivity contribution in [3.63, 3.8) is 0 Å². The molecule has 1 aromatic carbocycles. The van der Waals surface area contributed by atoms with E-state index in [1.54, 1.807) is 7.11 Å². The number of alkyl halides is 1. The Balaban J connectivity index is 1.98. The van der Waals surface area contributed by atoms with Crippen LogP contribution in [0.1, 0.15) is 24.9 Å². The van der Waals surface area contributed by atoms with Gasteiger partial charge in [0.25, 0.3) is 0 Å². The van der Waals surface area contributed by atoms with Gasteiger partial charge in [0.15, 0.2) is 0 Å². The summed E-state index contributed by atoms with van der Waals surface area (Å²) in [5, 5.41) is 9.58. The van der Waals surface area contributed by atoms with Gasteiger partial charge in [-0.05, 0) is 37.6 Å². The van der Waals surface area contributed by atoms with Gasteiger partial charge in [-0.25, -0.2) is 4.39 Å². The minimum atomic E-state index is -0.812. The van der Waals surface area contributed by atoms with Gasteiger partial charge >= 0.3 is 0 Å². The van der Waals surface area contributed by atoms with Crippen LogP contribution in [-0.2, 0) is 0 Å². The molecule has 1 fully saturated rings. The second-order valence-electron chi connectivity index (χ2n) is 5.21. The summed E-state index contributed by atoms with van der Waals surface area (Å²) in [5.74, 6) is 0.911. The first-order chi connectivity index (χ1) is 9.15. The first-order valence-corrected chi connectivity index (χ1v) is 6.77. The summed E-state index contributed by atoms with van der Waals surface area (Å²) in [4.78, 5) is 2.30. The molecule has 2 rings (SSSR count). The van der Waals surface area contributed by atoms with Crippen molar-refractivity contribution in [1.29, 1.82) is 0 Å². The standard InChI is InChI=1S/C15H22FNO2/c1-11(12-3-5-14(19-2)6-4-12)17-8-7-13(10-17)15(18)9-16/h3-6,11,13,15,18H,7-10H2,1-2H3/t11-,13-,15-/m1/s1. The Morgan fingerprint density at radius 1 is 1.42 bits per heavy atom. The molecule has 106 valence electrons. The van der Waals surface area contributed by atoms with Crippen molar-refractivity contribution in [2.75, 3.05) is 26.9 Å². The summed E-state index contributed by atoms with van der Waals surface area (Å²) in [6.45, 7) is 3.18. The summed E-state index contributed by atoms with van der Waals surface area (Å²) in [7, 11) is 1.65. The molecule has 1 heterocycles. The number of nitrogens with zero attached hydrogens (tertiary/aromatic N) is 1. The molecular formula is C15H22FNO2. The van der Waals surface area contributed by atoms with E-state index in [1.807, 2.05) is 12.1 Å². The van der Waals surface area contributed by atoms with Gasteiger partial charge in [0.05, 0.1) is 13.2 Å². The number of halogens is 1. The van der Waals surface area contributed by atoms with Gasteiger partial charge in [0.1, 0.15) is 12.4 Å². The van der Waals surface area contributed by atoms with Crippen molar-refractivity contribution in [3.05, 3.63) is 29.8 Å². The lowest BCUT2D eigenvalue weighted by molar-refractivity contribution is 0.0808. The maximum atomic E-state index is 12.5. The second kappa shape index (κ2) is 6.35. The molecule has 1 N–H and O–H groups in total. The molecule has 0 amide bonds. The van der Waals surface area contributed by atoms with Gasteiger partial charge in [-0.3, -0.25) is 4.90 Å². The first kappa shape index (κ1) is 14.3. The van der Waals surface area contributed by atoms with Crippen LogP contribution in [0.4, 0.5) is 4.39 Å². The van der Waals surface area contributed by atoms with E-state index in [2.05, 4.69) is 24.0 Å². The maximum Gasteiger partial charge on any atom is 0.118 e. The Morgan fingerprint density at radius 2 is 2.11 bits per heavy atom. The molecule has 0 spiro atoms. The van der Waals surface area contributed by atoms with Crippen LogP contribution in [0.15, 0.2) is 24.3 Å². The van der Waals surface area contributed by atoms with Crippen LogP contribution < -0.4 is 4.74 Å². The molecule has 0 aromatic heterocycles. The zero-order valence-corrected chi connectivity index (χ0v) is 11.6. The average Bonchev–Trinajstić information content (AvgIpc) is 2.95. The van der Waals surface area contributed by atoms with E-state index in [0.29, 0.717) is 0 Å². The fraction of sp³-hybridized carbons (Fsp3) is 0.600. The van der Waals surface area contributed by atoms with E-state index in [1.165, 1.54) is 5.56 Å². The van der Waals surface area contributed by atoms with Crippen LogP contribution in [0.5, 0.6) is 5.75 Å². The van der Waals surface area contributed by atoms with Crippen molar-refractivity contribution in [2.24, 2.45) is 5.92 Å². The summed E-state index contributed by atoms with van der Waals surface area (Å²) >= 11 is 0. The third kappa shape index (κ3) is 3.25. The van der Waals surface area contributed by atoms with Crippen LogP contribution in [0.3, 0.4) is 0 Å². The molecule has 0 aliphatic carbocycles. The highest BCUT2D eigenvalue weighted by Gasteiger charge is 2.31. The van der Waals surface area contributed by atoms with Crippen molar-refractivity contribution in [1.82, 2.24) is 4.90 Å². The molecule has 1 aliphatic heterocycles. The topological polar surface area (TPSA) is 32.7 Å². The molecule has 0 saturated carbocycles. The van der Waals surface area contributed by atoms with E-state index >= 15 is 0 Å². The molecule has 0 radical (unpaired) electrons. The first-order valence-electron chi connectivity index (χ1n) is 6.77. The molecule has 3 atom stereocenters.